The van der Waals surface area contributed by atoms with Gasteiger partial charge in [0.15, 0.2) is 0 Å². The van der Waals surface area contributed by atoms with E-state index >= 15 is 0 Å². The van der Waals surface area contributed by atoms with E-state index in [2.05, 4.69) is 23.3 Å². The lowest BCUT2D eigenvalue weighted by Gasteiger charge is -2.19. The lowest BCUT2D eigenvalue weighted by molar-refractivity contribution is -0.149. The average molecular weight is 430 g/mol. The molecule has 0 bridgehead atoms. The first-order chi connectivity index (χ1) is 14.3. The predicted molar refractivity (Wildman–Crippen MR) is 126 cm³/mol. The van der Waals surface area contributed by atoms with Crippen molar-refractivity contribution in [3.63, 3.8) is 0 Å². The van der Waals surface area contributed by atoms with Gasteiger partial charge in [-0.2, -0.15) is 12.6 Å². The van der Waals surface area contributed by atoms with Crippen LogP contribution in [0.5, 0.6) is 0 Å². The van der Waals surface area contributed by atoms with Crippen LogP contribution >= 0.6 is 12.6 Å². The van der Waals surface area contributed by atoms with Crippen LogP contribution in [0.1, 0.15) is 20.3 Å². The monoisotopic (exact) mass is 429 g/mol. The molecule has 4 N–H and O–H groups in total. The van der Waals surface area contributed by atoms with Crippen LogP contribution in [0.25, 0.3) is 11.1 Å². The number of thiol groups is 1. The number of methoxy groups -OCH3 is 1. The molecule has 6 nitrogen and oxygen atoms in total. The van der Waals surface area contributed by atoms with Crippen molar-refractivity contribution in [2.45, 2.75) is 26.3 Å². The molecule has 0 heterocycles. The molecule has 0 unspecified atom stereocenters. The smallest absolute Gasteiger partial charge is 0.318 e. The number of ether oxygens (including phenoxy) is 1. The van der Waals surface area contributed by atoms with E-state index in [0.717, 1.165) is 16.8 Å². The van der Waals surface area contributed by atoms with E-state index in [1.807, 2.05) is 62.4 Å². The molecule has 1 amide bonds. The number of rotatable bonds is 10. The van der Waals surface area contributed by atoms with Gasteiger partial charge in [0.05, 0.1) is 7.11 Å². The minimum Gasteiger partial charge on any atom is -0.468 e. The third-order valence-electron chi connectivity index (χ3n) is 4.67. The maximum Gasteiger partial charge on any atom is 0.318 e. The number of anilines is 2. The van der Waals surface area contributed by atoms with Crippen LogP contribution in [-0.2, 0) is 14.3 Å². The second-order valence-electron chi connectivity index (χ2n) is 7.64. The van der Waals surface area contributed by atoms with Crippen LogP contribution in [-0.4, -0.2) is 37.3 Å². The van der Waals surface area contributed by atoms with Crippen LogP contribution in [0.3, 0.4) is 0 Å². The third-order valence-corrected chi connectivity index (χ3v) is 5.14. The summed E-state index contributed by atoms with van der Waals surface area (Å²) in [5.41, 5.74) is 9.26. The van der Waals surface area contributed by atoms with Crippen molar-refractivity contribution in [1.29, 1.82) is 0 Å². The molecule has 0 spiro atoms. The van der Waals surface area contributed by atoms with E-state index in [-0.39, 0.29) is 17.9 Å². The zero-order valence-corrected chi connectivity index (χ0v) is 18.6. The molecule has 2 aromatic rings. The number of hydrogen-bond donors (Lipinski definition) is 4. The summed E-state index contributed by atoms with van der Waals surface area (Å²) >= 11 is 4.21. The van der Waals surface area contributed by atoms with Gasteiger partial charge in [-0.1, -0.05) is 44.2 Å². The van der Waals surface area contributed by atoms with E-state index in [0.29, 0.717) is 24.4 Å². The van der Waals surface area contributed by atoms with Crippen molar-refractivity contribution < 1.29 is 14.3 Å². The van der Waals surface area contributed by atoms with Crippen molar-refractivity contribution in [2.24, 2.45) is 17.6 Å². The van der Waals surface area contributed by atoms with Crippen LogP contribution < -0.4 is 16.4 Å². The second-order valence-corrected chi connectivity index (χ2v) is 8.01. The van der Waals surface area contributed by atoms with Gasteiger partial charge in [0.1, 0.15) is 5.92 Å². The molecule has 0 radical (unpaired) electrons. The highest BCUT2D eigenvalue weighted by molar-refractivity contribution is 7.80. The number of esters is 1. The highest BCUT2D eigenvalue weighted by Gasteiger charge is 2.29. The molecule has 7 heteroatoms. The Labute approximate surface area is 184 Å². The summed E-state index contributed by atoms with van der Waals surface area (Å²) < 4.78 is 4.84. The third kappa shape index (κ3) is 6.78. The zero-order valence-electron chi connectivity index (χ0n) is 17.7. The van der Waals surface area contributed by atoms with E-state index in [9.17, 15) is 9.59 Å². The first-order valence-corrected chi connectivity index (χ1v) is 10.7. The summed E-state index contributed by atoms with van der Waals surface area (Å²) in [5, 5.41) is 6.23. The van der Waals surface area contributed by atoms with E-state index < -0.39 is 11.9 Å². The van der Waals surface area contributed by atoms with Gasteiger partial charge < -0.3 is 21.1 Å². The number of nitrogens with one attached hydrogen (secondary N) is 2. The van der Waals surface area contributed by atoms with E-state index in [4.69, 9.17) is 10.5 Å². The van der Waals surface area contributed by atoms with Gasteiger partial charge >= 0.3 is 5.97 Å². The maximum atomic E-state index is 12.9. The molecule has 0 aliphatic rings. The van der Waals surface area contributed by atoms with Gasteiger partial charge in [-0.3, -0.25) is 9.59 Å². The summed E-state index contributed by atoms with van der Waals surface area (Å²) in [7, 11) is 1.30. The number of carbonyl (C=O) groups excluding carboxylic acids is 2. The normalized spacial score (nSPS) is 12.9. The SMILES string of the molecule is COC(=O)[C@@H](CC(C)C)C(=O)Nc1ccc(NC[C@@H](N)CS)cc1-c1ccccc1. The van der Waals surface area contributed by atoms with Crippen molar-refractivity contribution in [1.82, 2.24) is 0 Å². The lowest BCUT2D eigenvalue weighted by Crippen LogP contribution is -2.32. The van der Waals surface area contributed by atoms with E-state index in [1.165, 1.54) is 7.11 Å². The molecule has 162 valence electrons. The molecule has 0 saturated heterocycles. The molecule has 0 fully saturated rings. The summed E-state index contributed by atoms with van der Waals surface area (Å²) in [4.78, 5) is 25.1. The molecule has 0 saturated carbocycles. The Balaban J connectivity index is 2.33. The number of nitrogens with two attached hydrogens (primary N) is 1. The summed E-state index contributed by atoms with van der Waals surface area (Å²) in [6.45, 7) is 4.52. The Kier molecular flexibility index (Phi) is 9.20. The quantitative estimate of drug-likeness (QED) is 0.262. The van der Waals surface area contributed by atoms with Crippen molar-refractivity contribution >= 4 is 35.9 Å². The molecule has 0 aromatic heterocycles. The van der Waals surface area contributed by atoms with Crippen molar-refractivity contribution in [3.05, 3.63) is 48.5 Å². The number of amides is 1. The van der Waals surface area contributed by atoms with Crippen LogP contribution in [0, 0.1) is 11.8 Å². The van der Waals surface area contributed by atoms with Gasteiger partial charge in [0.2, 0.25) is 5.91 Å². The highest BCUT2D eigenvalue weighted by atomic mass is 32.1. The first-order valence-electron chi connectivity index (χ1n) is 10.0. The number of carbonyl (C=O) groups is 2. The van der Waals surface area contributed by atoms with Gasteiger partial charge in [0.25, 0.3) is 0 Å². The molecular weight excluding hydrogens is 398 g/mol. The standard InChI is InChI=1S/C23H31N3O3S/c1-15(2)11-20(23(28)29-3)22(27)26-21-10-9-18(25-13-17(24)14-30)12-19(21)16-7-5-4-6-8-16/h4-10,12,15,17,20,25,30H,11,13-14,24H2,1-3H3,(H,26,27)/t17-,20+/m1/s1. The largest absolute Gasteiger partial charge is 0.468 e. The minimum atomic E-state index is -0.857. The molecule has 30 heavy (non-hydrogen) atoms. The fourth-order valence-electron chi connectivity index (χ4n) is 3.08. The molecule has 2 atom stereocenters. The molecular formula is C23H31N3O3S. The summed E-state index contributed by atoms with van der Waals surface area (Å²) in [6.07, 6.45) is 0.417. The van der Waals surface area contributed by atoms with Gasteiger partial charge in [-0.15, -0.1) is 0 Å². The fraction of sp³-hybridized carbons (Fsp3) is 0.391. The predicted octanol–water partition coefficient (Wildman–Crippen LogP) is 3.80. The maximum absolute atomic E-state index is 12.9. The molecule has 2 rings (SSSR count). The molecule has 0 aliphatic carbocycles. The van der Waals surface area contributed by atoms with Gasteiger partial charge in [-0.05, 0) is 36.1 Å². The highest BCUT2D eigenvalue weighted by Crippen LogP contribution is 2.31. The Hall–Kier alpha value is -2.51. The molecule has 0 aliphatic heterocycles. The Bertz CT molecular complexity index is 843. The van der Waals surface area contributed by atoms with Crippen LogP contribution in [0.2, 0.25) is 0 Å². The zero-order chi connectivity index (χ0) is 22.1. The van der Waals surface area contributed by atoms with Crippen molar-refractivity contribution in [2.75, 3.05) is 30.0 Å². The van der Waals surface area contributed by atoms with Gasteiger partial charge in [-0.25, -0.2) is 0 Å². The Morgan fingerprint density at radius 2 is 1.83 bits per heavy atom. The lowest BCUT2D eigenvalue weighted by atomic mass is 9.95. The second kappa shape index (κ2) is 11.6. The number of benzene rings is 2. The number of hydrogen-bond acceptors (Lipinski definition) is 6. The summed E-state index contributed by atoms with van der Waals surface area (Å²) in [6, 6.07) is 15.4. The summed E-state index contributed by atoms with van der Waals surface area (Å²) in [5.74, 6) is -0.995. The topological polar surface area (TPSA) is 93.5 Å². The van der Waals surface area contributed by atoms with Gasteiger partial charge in [0, 0.05) is 35.3 Å². The molecule has 2 aromatic carbocycles. The Morgan fingerprint density at radius 1 is 1.13 bits per heavy atom. The first kappa shape index (κ1) is 23.8. The minimum absolute atomic E-state index is 0.0651. The Morgan fingerprint density at radius 3 is 2.43 bits per heavy atom. The van der Waals surface area contributed by atoms with E-state index in [1.54, 1.807) is 0 Å². The fourth-order valence-corrected chi connectivity index (χ4v) is 3.21. The van der Waals surface area contributed by atoms with Crippen molar-refractivity contribution in [3.8, 4) is 11.1 Å². The van der Waals surface area contributed by atoms with Crippen LogP contribution in [0.4, 0.5) is 11.4 Å². The average Bonchev–Trinajstić information content (AvgIpc) is 2.76. The van der Waals surface area contributed by atoms with Crippen LogP contribution in [0.15, 0.2) is 48.5 Å².